The molecule has 0 aliphatic carbocycles. The van der Waals surface area contributed by atoms with E-state index >= 15 is 0 Å². The van der Waals surface area contributed by atoms with Gasteiger partial charge in [-0.3, -0.25) is 0 Å². The minimum atomic E-state index is -3.02. The van der Waals surface area contributed by atoms with Crippen LogP contribution in [0.1, 0.15) is 5.56 Å². The highest BCUT2D eigenvalue weighted by atomic mass is 32.2. The molecule has 2 aliphatic heterocycles. The van der Waals surface area contributed by atoms with Crippen molar-refractivity contribution in [3.05, 3.63) is 35.2 Å². The molecule has 1 atom stereocenters. The van der Waals surface area contributed by atoms with Crippen molar-refractivity contribution in [3.8, 4) is 11.5 Å². The van der Waals surface area contributed by atoms with Crippen molar-refractivity contribution in [1.29, 1.82) is 0 Å². The Labute approximate surface area is 112 Å². The molecule has 0 radical (unpaired) electrons. The van der Waals surface area contributed by atoms with Crippen LogP contribution in [-0.4, -0.2) is 33.4 Å². The molecule has 1 unspecified atom stereocenters. The molecule has 0 saturated heterocycles. The molecule has 1 N–H and O–H groups in total. The molecular formula is C13H15NO4S. The average Bonchev–Trinajstić information content (AvgIpc) is 2.76. The van der Waals surface area contributed by atoms with Crippen molar-refractivity contribution < 1.29 is 17.9 Å². The molecule has 5 nitrogen and oxygen atoms in total. The Morgan fingerprint density at radius 2 is 2.11 bits per heavy atom. The molecule has 3 rings (SSSR count). The molecule has 2 aliphatic rings. The average molecular weight is 281 g/mol. The van der Waals surface area contributed by atoms with E-state index in [1.165, 1.54) is 5.41 Å². The van der Waals surface area contributed by atoms with Gasteiger partial charge in [0.15, 0.2) is 21.3 Å². The maximum Gasteiger partial charge on any atom is 0.173 e. The van der Waals surface area contributed by atoms with Crippen LogP contribution in [0.5, 0.6) is 11.5 Å². The van der Waals surface area contributed by atoms with Gasteiger partial charge in [0, 0.05) is 23.6 Å². The van der Waals surface area contributed by atoms with Gasteiger partial charge >= 0.3 is 0 Å². The van der Waals surface area contributed by atoms with Crippen LogP contribution in [0.25, 0.3) is 0 Å². The zero-order valence-corrected chi connectivity index (χ0v) is 11.2. The quantitative estimate of drug-likeness (QED) is 0.890. The van der Waals surface area contributed by atoms with E-state index < -0.39 is 9.84 Å². The van der Waals surface area contributed by atoms with Crippen molar-refractivity contribution in [2.24, 2.45) is 0 Å². The monoisotopic (exact) mass is 281 g/mol. The van der Waals surface area contributed by atoms with Gasteiger partial charge in [-0.2, -0.15) is 0 Å². The number of nitrogens with one attached hydrogen (secondary N) is 1. The topological polar surface area (TPSA) is 64.6 Å². The summed E-state index contributed by atoms with van der Waals surface area (Å²) in [6.45, 7) is 1.66. The number of rotatable bonds is 3. The molecule has 0 fully saturated rings. The third kappa shape index (κ3) is 2.74. The summed E-state index contributed by atoms with van der Waals surface area (Å²) in [5, 5.41) is 4.47. The lowest BCUT2D eigenvalue weighted by molar-refractivity contribution is 0.169. The van der Waals surface area contributed by atoms with Gasteiger partial charge in [0.05, 0.1) is 5.75 Å². The molecule has 1 aromatic carbocycles. The van der Waals surface area contributed by atoms with Gasteiger partial charge in [-0.05, 0) is 6.07 Å². The van der Waals surface area contributed by atoms with E-state index in [0.29, 0.717) is 19.8 Å². The highest BCUT2D eigenvalue weighted by molar-refractivity contribution is 7.94. The molecule has 0 bridgehead atoms. The second-order valence-corrected chi connectivity index (χ2v) is 6.52. The van der Waals surface area contributed by atoms with Crippen molar-refractivity contribution in [3.63, 3.8) is 0 Å². The number of fused-ring (bicyclic) bond motifs is 1. The van der Waals surface area contributed by atoms with Crippen molar-refractivity contribution >= 4 is 9.84 Å². The van der Waals surface area contributed by atoms with E-state index in [1.54, 1.807) is 6.08 Å². The lowest BCUT2D eigenvalue weighted by atomic mass is 10.1. The second kappa shape index (κ2) is 4.86. The van der Waals surface area contributed by atoms with E-state index in [0.717, 1.165) is 17.1 Å². The van der Waals surface area contributed by atoms with Gasteiger partial charge < -0.3 is 14.8 Å². The fourth-order valence-electron chi connectivity index (χ4n) is 2.22. The van der Waals surface area contributed by atoms with Crippen LogP contribution in [0.4, 0.5) is 0 Å². The summed E-state index contributed by atoms with van der Waals surface area (Å²) in [6, 6.07) is 5.60. The third-order valence-electron chi connectivity index (χ3n) is 3.13. The van der Waals surface area contributed by atoms with Crippen molar-refractivity contribution in [2.45, 2.75) is 12.6 Å². The highest BCUT2D eigenvalue weighted by Gasteiger charge is 2.22. The predicted molar refractivity (Wildman–Crippen MR) is 71.0 cm³/mol. The summed E-state index contributed by atoms with van der Waals surface area (Å²) in [5.41, 5.74) is 0.981. The van der Waals surface area contributed by atoms with Crippen molar-refractivity contribution in [2.75, 3.05) is 19.0 Å². The van der Waals surface area contributed by atoms with Gasteiger partial charge in [-0.15, -0.1) is 0 Å². The van der Waals surface area contributed by atoms with Crippen LogP contribution in [0.15, 0.2) is 29.7 Å². The Bertz CT molecular complexity index is 609. The van der Waals surface area contributed by atoms with E-state index in [4.69, 9.17) is 9.47 Å². The van der Waals surface area contributed by atoms with Gasteiger partial charge in [0.1, 0.15) is 13.2 Å². The smallest absolute Gasteiger partial charge is 0.173 e. The van der Waals surface area contributed by atoms with E-state index in [1.807, 2.05) is 18.2 Å². The molecule has 0 aromatic heterocycles. The first-order chi connectivity index (χ1) is 9.14. The van der Waals surface area contributed by atoms with Gasteiger partial charge in [0.25, 0.3) is 0 Å². The Hall–Kier alpha value is -1.53. The Morgan fingerprint density at radius 3 is 2.89 bits per heavy atom. The normalized spacial score (nSPS) is 23.5. The zero-order valence-electron chi connectivity index (χ0n) is 10.3. The number of hydrogen-bond donors (Lipinski definition) is 1. The minimum absolute atomic E-state index is 0.124. The van der Waals surface area contributed by atoms with Crippen LogP contribution in [0, 0.1) is 0 Å². The fraction of sp³-hybridized carbons (Fsp3) is 0.385. The first-order valence-electron chi connectivity index (χ1n) is 6.16. The standard InChI is InChI=1S/C13H15NO4S/c15-19(16)7-4-11(9-19)14-8-10-2-1-3-12-13(10)18-6-5-17-12/h1-4,7,11,14H,5-6,8-9H2. The molecule has 6 heteroatoms. The summed E-state index contributed by atoms with van der Waals surface area (Å²) in [4.78, 5) is 0. The first kappa shape index (κ1) is 12.5. The summed E-state index contributed by atoms with van der Waals surface area (Å²) < 4.78 is 33.7. The summed E-state index contributed by atoms with van der Waals surface area (Å²) >= 11 is 0. The van der Waals surface area contributed by atoms with Gasteiger partial charge in [-0.25, -0.2) is 8.42 Å². The lowest BCUT2D eigenvalue weighted by Crippen LogP contribution is -2.30. The maximum absolute atomic E-state index is 11.3. The third-order valence-corrected chi connectivity index (χ3v) is 4.53. The maximum atomic E-state index is 11.3. The minimum Gasteiger partial charge on any atom is -0.486 e. The van der Waals surface area contributed by atoms with E-state index in [-0.39, 0.29) is 11.8 Å². The Balaban J connectivity index is 1.69. The SMILES string of the molecule is O=S1(=O)C=CC(NCc2cccc3c2OCCO3)C1. The fourth-order valence-corrected chi connectivity index (χ4v) is 3.49. The summed E-state index contributed by atoms with van der Waals surface area (Å²) in [7, 11) is -3.02. The molecule has 0 spiro atoms. The molecule has 1 aromatic rings. The number of hydrogen-bond acceptors (Lipinski definition) is 5. The van der Waals surface area contributed by atoms with Gasteiger partial charge in [0.2, 0.25) is 0 Å². The zero-order chi connectivity index (χ0) is 13.3. The Kier molecular flexibility index (Phi) is 3.20. The second-order valence-electron chi connectivity index (χ2n) is 4.59. The molecule has 102 valence electrons. The molecule has 0 saturated carbocycles. The highest BCUT2D eigenvalue weighted by Crippen LogP contribution is 2.33. The molecular weight excluding hydrogens is 266 g/mol. The first-order valence-corrected chi connectivity index (χ1v) is 7.87. The van der Waals surface area contributed by atoms with Crippen LogP contribution in [0.3, 0.4) is 0 Å². The molecule has 19 heavy (non-hydrogen) atoms. The van der Waals surface area contributed by atoms with Crippen LogP contribution in [0.2, 0.25) is 0 Å². The largest absolute Gasteiger partial charge is 0.486 e. The van der Waals surface area contributed by atoms with Crippen LogP contribution in [-0.2, 0) is 16.4 Å². The number of benzene rings is 1. The summed E-state index contributed by atoms with van der Waals surface area (Å²) in [5.74, 6) is 1.63. The molecule has 0 amide bonds. The van der Waals surface area contributed by atoms with Gasteiger partial charge in [-0.1, -0.05) is 18.2 Å². The number of sulfone groups is 1. The van der Waals surface area contributed by atoms with Crippen LogP contribution < -0.4 is 14.8 Å². The number of para-hydroxylation sites is 1. The van der Waals surface area contributed by atoms with Crippen LogP contribution >= 0.6 is 0 Å². The number of ether oxygens (including phenoxy) is 2. The molecule has 2 heterocycles. The summed E-state index contributed by atoms with van der Waals surface area (Å²) in [6.07, 6.45) is 1.68. The Morgan fingerprint density at radius 1 is 1.26 bits per heavy atom. The lowest BCUT2D eigenvalue weighted by Gasteiger charge is -2.21. The predicted octanol–water partition coefficient (Wildman–Crippen LogP) is 0.858. The van der Waals surface area contributed by atoms with E-state index in [2.05, 4.69) is 5.32 Å². The van der Waals surface area contributed by atoms with E-state index in [9.17, 15) is 8.42 Å². The van der Waals surface area contributed by atoms with Crippen molar-refractivity contribution in [1.82, 2.24) is 5.32 Å².